The van der Waals surface area contributed by atoms with Crippen LogP contribution in [0.2, 0.25) is 0 Å². The summed E-state index contributed by atoms with van der Waals surface area (Å²) in [4.78, 5) is 0. The third-order valence-electron chi connectivity index (χ3n) is 4.01. The van der Waals surface area contributed by atoms with Gasteiger partial charge in [-0.2, -0.15) is 10.5 Å². The van der Waals surface area contributed by atoms with Crippen LogP contribution in [0.15, 0.2) is 54.6 Å². The predicted octanol–water partition coefficient (Wildman–Crippen LogP) is 5.05. The highest BCUT2D eigenvalue weighted by atomic mass is 19.1. The molecule has 0 spiro atoms. The lowest BCUT2D eigenvalue weighted by Crippen LogP contribution is -1.99. The van der Waals surface area contributed by atoms with Gasteiger partial charge in [0.05, 0.1) is 12.7 Å². The molecule has 0 N–H and O–H groups in total. The molecule has 0 unspecified atom stereocenters. The molecule has 26 heavy (non-hydrogen) atoms. The summed E-state index contributed by atoms with van der Waals surface area (Å²) < 4.78 is 32.1. The molecule has 5 heteroatoms. The minimum atomic E-state index is -0.398. The van der Waals surface area contributed by atoms with Crippen molar-refractivity contribution in [3.8, 4) is 40.1 Å². The molecule has 0 atom stereocenters. The van der Waals surface area contributed by atoms with E-state index in [2.05, 4.69) is 0 Å². The van der Waals surface area contributed by atoms with Crippen molar-refractivity contribution in [2.24, 2.45) is 0 Å². The normalized spacial score (nSPS) is 10.0. The van der Waals surface area contributed by atoms with Crippen LogP contribution in [0, 0.1) is 34.3 Å². The van der Waals surface area contributed by atoms with Gasteiger partial charge in [-0.25, -0.2) is 8.78 Å². The van der Waals surface area contributed by atoms with Gasteiger partial charge in [0.25, 0.3) is 0 Å². The molecule has 0 saturated heterocycles. The molecule has 0 aliphatic rings. The lowest BCUT2D eigenvalue weighted by atomic mass is 9.89. The lowest BCUT2D eigenvalue weighted by molar-refractivity contribution is 0.415. The summed E-state index contributed by atoms with van der Waals surface area (Å²) in [6.07, 6.45) is 0. The highest BCUT2D eigenvalue weighted by molar-refractivity contribution is 5.91. The van der Waals surface area contributed by atoms with E-state index in [4.69, 9.17) is 4.74 Å². The molecule has 3 nitrogen and oxygen atoms in total. The zero-order valence-corrected chi connectivity index (χ0v) is 13.8. The maximum atomic E-state index is 13.3. The van der Waals surface area contributed by atoms with Crippen LogP contribution in [-0.2, 0) is 0 Å². The van der Waals surface area contributed by atoms with Crippen LogP contribution in [0.4, 0.5) is 8.78 Å². The van der Waals surface area contributed by atoms with Crippen molar-refractivity contribution < 1.29 is 13.5 Å². The molecule has 0 aromatic heterocycles. The summed E-state index contributed by atoms with van der Waals surface area (Å²) in [5, 5.41) is 18.9. The Balaban J connectivity index is 2.42. The molecule has 0 radical (unpaired) electrons. The van der Waals surface area contributed by atoms with Crippen molar-refractivity contribution in [3.05, 3.63) is 77.4 Å². The van der Waals surface area contributed by atoms with E-state index in [0.717, 1.165) is 0 Å². The number of hydrogen-bond donors (Lipinski definition) is 0. The van der Waals surface area contributed by atoms with E-state index in [-0.39, 0.29) is 16.9 Å². The van der Waals surface area contributed by atoms with Crippen LogP contribution in [0.25, 0.3) is 22.3 Å². The molecule has 0 aliphatic heterocycles. The number of hydrogen-bond acceptors (Lipinski definition) is 3. The monoisotopic (exact) mass is 346 g/mol. The van der Waals surface area contributed by atoms with Crippen LogP contribution in [0.5, 0.6) is 5.75 Å². The standard InChI is InChI=1S/C21H12F2N2O/c1-26-21-19(12-25)15(11-24)10-18(13-2-6-16(22)7-3-13)20(21)14-4-8-17(23)9-5-14/h2-10H,1H3. The summed E-state index contributed by atoms with van der Waals surface area (Å²) in [5.74, 6) is -0.569. The summed E-state index contributed by atoms with van der Waals surface area (Å²) in [5.41, 5.74) is 2.63. The predicted molar refractivity (Wildman–Crippen MR) is 93.2 cm³/mol. The Labute approximate surface area is 149 Å². The SMILES string of the molecule is COc1c(C#N)c(C#N)cc(-c2ccc(F)cc2)c1-c1ccc(F)cc1. The van der Waals surface area contributed by atoms with Crippen molar-refractivity contribution in [2.75, 3.05) is 7.11 Å². The Morgan fingerprint density at radius 1 is 0.808 bits per heavy atom. The summed E-state index contributed by atoms with van der Waals surface area (Å²) in [7, 11) is 1.40. The molecule has 0 aliphatic carbocycles. The van der Waals surface area contributed by atoms with E-state index in [1.165, 1.54) is 31.4 Å². The average Bonchev–Trinajstić information content (AvgIpc) is 2.67. The van der Waals surface area contributed by atoms with Crippen molar-refractivity contribution in [3.63, 3.8) is 0 Å². The molecular weight excluding hydrogens is 334 g/mol. The van der Waals surface area contributed by atoms with Crippen LogP contribution < -0.4 is 4.74 Å². The Bertz CT molecular complexity index is 1040. The molecular formula is C21H12F2N2O. The van der Waals surface area contributed by atoms with E-state index in [0.29, 0.717) is 22.3 Å². The molecule has 3 aromatic carbocycles. The highest BCUT2D eigenvalue weighted by Gasteiger charge is 2.21. The lowest BCUT2D eigenvalue weighted by Gasteiger charge is -2.17. The van der Waals surface area contributed by atoms with Crippen LogP contribution in [0.3, 0.4) is 0 Å². The number of nitriles is 2. The third-order valence-corrected chi connectivity index (χ3v) is 4.01. The number of ether oxygens (including phenoxy) is 1. The second kappa shape index (κ2) is 7.04. The summed E-state index contributed by atoms with van der Waals surface area (Å²) in [6.45, 7) is 0. The zero-order chi connectivity index (χ0) is 18.7. The second-order valence-electron chi connectivity index (χ2n) is 5.49. The first-order valence-electron chi connectivity index (χ1n) is 7.66. The number of methoxy groups -OCH3 is 1. The maximum Gasteiger partial charge on any atom is 0.146 e. The van der Waals surface area contributed by atoms with Crippen LogP contribution >= 0.6 is 0 Å². The van der Waals surface area contributed by atoms with Gasteiger partial charge in [-0.15, -0.1) is 0 Å². The fourth-order valence-corrected chi connectivity index (χ4v) is 2.82. The Hall–Kier alpha value is -3.70. The molecule has 0 bridgehead atoms. The van der Waals surface area contributed by atoms with Gasteiger partial charge in [0.1, 0.15) is 35.1 Å². The maximum absolute atomic E-state index is 13.3. The highest BCUT2D eigenvalue weighted by Crippen LogP contribution is 2.42. The van der Waals surface area contributed by atoms with E-state index in [9.17, 15) is 19.3 Å². The number of halogens is 2. The van der Waals surface area contributed by atoms with Crippen LogP contribution in [0.1, 0.15) is 11.1 Å². The number of nitrogens with zero attached hydrogens (tertiary/aromatic N) is 2. The zero-order valence-electron chi connectivity index (χ0n) is 13.8. The van der Waals surface area contributed by atoms with E-state index < -0.39 is 11.6 Å². The first-order valence-corrected chi connectivity index (χ1v) is 7.66. The van der Waals surface area contributed by atoms with Gasteiger partial charge in [-0.1, -0.05) is 24.3 Å². The molecule has 0 amide bonds. The summed E-state index contributed by atoms with van der Waals surface area (Å²) >= 11 is 0. The Kier molecular flexibility index (Phi) is 4.64. The van der Waals surface area contributed by atoms with E-state index >= 15 is 0 Å². The molecule has 3 aromatic rings. The quantitative estimate of drug-likeness (QED) is 0.667. The average molecular weight is 346 g/mol. The largest absolute Gasteiger partial charge is 0.495 e. The van der Waals surface area contributed by atoms with Crippen LogP contribution in [-0.4, -0.2) is 7.11 Å². The number of benzene rings is 3. The third kappa shape index (κ3) is 2.99. The van der Waals surface area contributed by atoms with E-state index in [1.54, 1.807) is 30.3 Å². The van der Waals surface area contributed by atoms with Crippen molar-refractivity contribution >= 4 is 0 Å². The van der Waals surface area contributed by atoms with Gasteiger partial charge in [-0.05, 0) is 47.0 Å². The van der Waals surface area contributed by atoms with Crippen molar-refractivity contribution in [2.45, 2.75) is 0 Å². The van der Waals surface area contributed by atoms with Gasteiger partial charge >= 0.3 is 0 Å². The van der Waals surface area contributed by atoms with Gasteiger partial charge in [0.2, 0.25) is 0 Å². The molecule has 0 heterocycles. The molecule has 126 valence electrons. The fourth-order valence-electron chi connectivity index (χ4n) is 2.82. The first-order chi connectivity index (χ1) is 12.6. The molecule has 0 saturated carbocycles. The van der Waals surface area contributed by atoms with Gasteiger partial charge in [0.15, 0.2) is 0 Å². The summed E-state index contributed by atoms with van der Waals surface area (Å²) in [6, 6.07) is 17.0. The topological polar surface area (TPSA) is 56.8 Å². The van der Waals surface area contributed by atoms with Gasteiger partial charge in [-0.3, -0.25) is 0 Å². The Morgan fingerprint density at radius 2 is 1.35 bits per heavy atom. The molecule has 3 rings (SSSR count). The fraction of sp³-hybridized carbons (Fsp3) is 0.0476. The second-order valence-corrected chi connectivity index (χ2v) is 5.49. The molecule has 0 fully saturated rings. The van der Waals surface area contributed by atoms with Gasteiger partial charge < -0.3 is 4.74 Å². The Morgan fingerprint density at radius 3 is 1.81 bits per heavy atom. The number of rotatable bonds is 3. The smallest absolute Gasteiger partial charge is 0.146 e. The van der Waals surface area contributed by atoms with Gasteiger partial charge in [0, 0.05) is 5.56 Å². The minimum absolute atomic E-state index is 0.0974. The first kappa shape index (κ1) is 17.1. The minimum Gasteiger partial charge on any atom is -0.495 e. The van der Waals surface area contributed by atoms with Crippen molar-refractivity contribution in [1.82, 2.24) is 0 Å². The van der Waals surface area contributed by atoms with E-state index in [1.807, 2.05) is 12.1 Å². The van der Waals surface area contributed by atoms with Crippen molar-refractivity contribution in [1.29, 1.82) is 10.5 Å².